The van der Waals surface area contributed by atoms with Crippen molar-refractivity contribution < 1.29 is 9.50 Å². The third-order valence-electron chi connectivity index (χ3n) is 4.16. The number of hydrogen-bond donors (Lipinski definition) is 1. The molecule has 1 aromatic carbocycles. The van der Waals surface area contributed by atoms with Crippen LogP contribution in [0.25, 0.3) is 0 Å². The van der Waals surface area contributed by atoms with Crippen LogP contribution in [0.1, 0.15) is 32.3 Å². The lowest BCUT2D eigenvalue weighted by Gasteiger charge is -2.39. The molecule has 2 nitrogen and oxygen atoms in total. The Bertz CT molecular complexity index is 444. The van der Waals surface area contributed by atoms with Gasteiger partial charge in [0.25, 0.3) is 0 Å². The summed E-state index contributed by atoms with van der Waals surface area (Å²) in [5.74, 6) is -0.305. The maximum atomic E-state index is 13.7. The fraction of sp³-hybridized carbons (Fsp3) is 0.600. The monoisotopic (exact) mass is 285 g/mol. The van der Waals surface area contributed by atoms with Crippen LogP contribution in [0.3, 0.4) is 0 Å². The summed E-state index contributed by atoms with van der Waals surface area (Å²) >= 11 is 5.88. The van der Waals surface area contributed by atoms with Crippen LogP contribution in [0.15, 0.2) is 18.2 Å². The van der Waals surface area contributed by atoms with E-state index in [1.165, 1.54) is 25.0 Å². The van der Waals surface area contributed by atoms with E-state index in [-0.39, 0.29) is 17.8 Å². The summed E-state index contributed by atoms with van der Waals surface area (Å²) in [5.41, 5.74) is 0.137. The van der Waals surface area contributed by atoms with Crippen molar-refractivity contribution in [3.63, 3.8) is 0 Å². The molecule has 0 aliphatic carbocycles. The van der Waals surface area contributed by atoms with E-state index in [1.54, 1.807) is 6.07 Å². The van der Waals surface area contributed by atoms with Gasteiger partial charge in [0.2, 0.25) is 0 Å². The van der Waals surface area contributed by atoms with Crippen molar-refractivity contribution in [3.05, 3.63) is 34.6 Å². The molecule has 0 spiro atoms. The van der Waals surface area contributed by atoms with Gasteiger partial charge in [-0.3, -0.25) is 4.90 Å². The van der Waals surface area contributed by atoms with Gasteiger partial charge < -0.3 is 5.11 Å². The molecule has 1 atom stereocenters. The Morgan fingerprint density at radius 2 is 2.00 bits per heavy atom. The lowest BCUT2D eigenvalue weighted by molar-refractivity contribution is 0.00295. The fourth-order valence-corrected chi connectivity index (χ4v) is 2.86. The second-order valence-corrected chi connectivity index (χ2v) is 6.24. The predicted octanol–water partition coefficient (Wildman–Crippen LogP) is 3.26. The molecule has 4 heteroatoms. The molecule has 0 saturated carbocycles. The molecule has 1 aliphatic heterocycles. The van der Waals surface area contributed by atoms with Gasteiger partial charge in [0.05, 0.1) is 6.10 Å². The van der Waals surface area contributed by atoms with Gasteiger partial charge >= 0.3 is 0 Å². The zero-order chi connectivity index (χ0) is 14.0. The molecule has 0 radical (unpaired) electrons. The van der Waals surface area contributed by atoms with Gasteiger partial charge in [-0.1, -0.05) is 11.6 Å². The largest absolute Gasteiger partial charge is 0.391 e. The van der Waals surface area contributed by atoms with Gasteiger partial charge in [-0.25, -0.2) is 4.39 Å². The van der Waals surface area contributed by atoms with E-state index in [4.69, 9.17) is 11.6 Å². The fourth-order valence-electron chi connectivity index (χ4n) is 2.66. The van der Waals surface area contributed by atoms with Crippen molar-refractivity contribution >= 4 is 11.6 Å². The SMILES string of the molecule is CC(C)(C(O)Cc1cc(Cl)ccc1F)N1CCCC1. The minimum atomic E-state index is -0.612. The van der Waals surface area contributed by atoms with E-state index in [9.17, 15) is 9.50 Å². The van der Waals surface area contributed by atoms with Crippen molar-refractivity contribution in [2.45, 2.75) is 44.8 Å². The molecule has 1 aliphatic rings. The standard InChI is InChI=1S/C15H21ClFNO/c1-15(2,18-7-3-4-8-18)14(19)10-11-9-12(16)5-6-13(11)17/h5-6,9,14,19H,3-4,7-8,10H2,1-2H3. The summed E-state index contributed by atoms with van der Waals surface area (Å²) in [6.07, 6.45) is 2.01. The maximum absolute atomic E-state index is 13.7. The molecule has 2 rings (SSSR count). The first-order valence-electron chi connectivity index (χ1n) is 6.78. The van der Waals surface area contributed by atoms with Gasteiger partial charge in [-0.05, 0) is 63.5 Å². The highest BCUT2D eigenvalue weighted by molar-refractivity contribution is 6.30. The molecule has 1 saturated heterocycles. The van der Waals surface area contributed by atoms with Crippen molar-refractivity contribution in [1.29, 1.82) is 0 Å². The number of likely N-dealkylation sites (tertiary alicyclic amines) is 1. The highest BCUT2D eigenvalue weighted by atomic mass is 35.5. The molecular weight excluding hydrogens is 265 g/mol. The van der Waals surface area contributed by atoms with Crippen LogP contribution < -0.4 is 0 Å². The highest BCUT2D eigenvalue weighted by Gasteiger charge is 2.36. The molecule has 106 valence electrons. The Labute approximate surface area is 119 Å². The van der Waals surface area contributed by atoms with Gasteiger partial charge in [0.15, 0.2) is 0 Å². The van der Waals surface area contributed by atoms with Crippen LogP contribution >= 0.6 is 11.6 Å². The summed E-state index contributed by atoms with van der Waals surface area (Å²) in [6, 6.07) is 4.48. The van der Waals surface area contributed by atoms with Crippen LogP contribution in [0, 0.1) is 5.82 Å². The van der Waals surface area contributed by atoms with Gasteiger partial charge in [-0.15, -0.1) is 0 Å². The molecule has 19 heavy (non-hydrogen) atoms. The second kappa shape index (κ2) is 5.78. The molecule has 1 unspecified atom stereocenters. The van der Waals surface area contributed by atoms with Crippen molar-refractivity contribution in [2.75, 3.05) is 13.1 Å². The molecule has 0 bridgehead atoms. The number of aliphatic hydroxyl groups is 1. The van der Waals surface area contributed by atoms with Crippen LogP contribution in [0.2, 0.25) is 5.02 Å². The molecule has 1 N–H and O–H groups in total. The molecule has 0 aromatic heterocycles. The van der Waals surface area contributed by atoms with E-state index >= 15 is 0 Å². The summed E-state index contributed by atoms with van der Waals surface area (Å²) in [4.78, 5) is 2.28. The first-order chi connectivity index (χ1) is 8.91. The predicted molar refractivity (Wildman–Crippen MR) is 76.0 cm³/mol. The number of rotatable bonds is 4. The Hall–Kier alpha value is -0.640. The molecule has 0 amide bonds. The summed E-state index contributed by atoms with van der Waals surface area (Å²) in [7, 11) is 0. The van der Waals surface area contributed by atoms with Crippen molar-refractivity contribution in [3.8, 4) is 0 Å². The molecular formula is C15H21ClFNO. The first-order valence-corrected chi connectivity index (χ1v) is 7.16. The van der Waals surface area contributed by atoms with Crippen molar-refractivity contribution in [1.82, 2.24) is 4.90 Å². The smallest absolute Gasteiger partial charge is 0.126 e. The summed E-state index contributed by atoms with van der Waals surface area (Å²) in [6.45, 7) is 6.04. The molecule has 1 fully saturated rings. The first kappa shape index (κ1) is 14.8. The second-order valence-electron chi connectivity index (χ2n) is 5.80. The number of nitrogens with zero attached hydrogens (tertiary/aromatic N) is 1. The molecule has 1 heterocycles. The van der Waals surface area contributed by atoms with Gasteiger partial charge in [0.1, 0.15) is 5.82 Å². The van der Waals surface area contributed by atoms with E-state index in [0.717, 1.165) is 13.1 Å². The minimum Gasteiger partial charge on any atom is -0.391 e. The van der Waals surface area contributed by atoms with Crippen LogP contribution in [0.5, 0.6) is 0 Å². The Kier molecular flexibility index (Phi) is 4.49. The summed E-state index contributed by atoms with van der Waals surface area (Å²) in [5, 5.41) is 11.0. The average molecular weight is 286 g/mol. The normalized spacial score (nSPS) is 18.8. The van der Waals surface area contributed by atoms with E-state index in [2.05, 4.69) is 4.90 Å². The number of hydrogen-bond acceptors (Lipinski definition) is 2. The molecule has 1 aromatic rings. The average Bonchev–Trinajstić information content (AvgIpc) is 2.88. The summed E-state index contributed by atoms with van der Waals surface area (Å²) < 4.78 is 13.7. The number of benzene rings is 1. The van der Waals surface area contributed by atoms with E-state index in [1.807, 2.05) is 13.8 Å². The van der Waals surface area contributed by atoms with Crippen LogP contribution in [0.4, 0.5) is 4.39 Å². The van der Waals surface area contributed by atoms with Gasteiger partial charge in [-0.2, -0.15) is 0 Å². The van der Waals surface area contributed by atoms with Crippen molar-refractivity contribution in [2.24, 2.45) is 0 Å². The van der Waals surface area contributed by atoms with Crippen LogP contribution in [-0.4, -0.2) is 34.7 Å². The number of halogens is 2. The zero-order valence-corrected chi connectivity index (χ0v) is 12.3. The number of aliphatic hydroxyl groups excluding tert-OH is 1. The third kappa shape index (κ3) is 3.28. The highest BCUT2D eigenvalue weighted by Crippen LogP contribution is 2.27. The Morgan fingerprint density at radius 3 is 2.63 bits per heavy atom. The van der Waals surface area contributed by atoms with Gasteiger partial charge in [0, 0.05) is 17.0 Å². The Morgan fingerprint density at radius 1 is 1.37 bits per heavy atom. The third-order valence-corrected chi connectivity index (χ3v) is 4.39. The maximum Gasteiger partial charge on any atom is 0.126 e. The van der Waals surface area contributed by atoms with Crippen LogP contribution in [-0.2, 0) is 6.42 Å². The Balaban J connectivity index is 2.11. The van der Waals surface area contributed by atoms with E-state index in [0.29, 0.717) is 10.6 Å². The van der Waals surface area contributed by atoms with E-state index < -0.39 is 6.10 Å². The zero-order valence-electron chi connectivity index (χ0n) is 11.5. The quantitative estimate of drug-likeness (QED) is 0.918. The minimum absolute atomic E-state index is 0.288. The topological polar surface area (TPSA) is 23.5 Å². The lowest BCUT2D eigenvalue weighted by Crippen LogP contribution is -2.52. The lowest BCUT2D eigenvalue weighted by atomic mass is 9.90.